The van der Waals surface area contributed by atoms with Crippen LogP contribution in [0.1, 0.15) is 88.9 Å². The molecule has 10 rings (SSSR count). The molecule has 4 aliphatic rings. The minimum absolute atomic E-state index is 0.0129. The first-order valence-electron chi connectivity index (χ1n) is 23.9. The van der Waals surface area contributed by atoms with Gasteiger partial charge in [-0.05, 0) is 118 Å². The van der Waals surface area contributed by atoms with Gasteiger partial charge >= 0.3 is 0 Å². The van der Waals surface area contributed by atoms with Gasteiger partial charge in [-0.2, -0.15) is 5.10 Å². The number of nitrogens with one attached hydrogen (secondary N) is 3. The van der Waals surface area contributed by atoms with E-state index in [1.54, 1.807) is 31.3 Å². The zero-order valence-corrected chi connectivity index (χ0v) is 39.4. The van der Waals surface area contributed by atoms with Gasteiger partial charge < -0.3 is 24.8 Å². The van der Waals surface area contributed by atoms with Gasteiger partial charge in [-0.15, -0.1) is 0 Å². The third kappa shape index (κ3) is 9.26. The van der Waals surface area contributed by atoms with Crippen molar-refractivity contribution in [1.82, 2.24) is 43.9 Å². The lowest BCUT2D eigenvalue weighted by molar-refractivity contribution is -0.133. The van der Waals surface area contributed by atoms with Crippen LogP contribution in [0.2, 0.25) is 0 Å². The average Bonchev–Trinajstić information content (AvgIpc) is 3.91. The Morgan fingerprint density at radius 2 is 1.56 bits per heavy atom. The van der Waals surface area contributed by atoms with Crippen LogP contribution in [0, 0.1) is 17.5 Å². The second kappa shape index (κ2) is 19.4. The van der Waals surface area contributed by atoms with E-state index in [0.29, 0.717) is 92.6 Å². The van der Waals surface area contributed by atoms with Crippen LogP contribution in [0.4, 0.5) is 24.5 Å². The van der Waals surface area contributed by atoms with E-state index in [1.165, 1.54) is 34.5 Å². The van der Waals surface area contributed by atoms with Gasteiger partial charge in [0.05, 0.1) is 54.8 Å². The van der Waals surface area contributed by atoms with Gasteiger partial charge in [0, 0.05) is 74.6 Å². The summed E-state index contributed by atoms with van der Waals surface area (Å²) in [6, 6.07) is 14.8. The number of halogens is 3. The standard InChI is InChI=1S/C51H56F3N11O5/c1-55-43-25-47(67)64(29-40(43)54)44-8-13-56-49-37(44)24-35(60(49)2)27-62-16-11-31(12-17-62)48-38(52)20-33(21-39(48)53)51(69)63-18-19-65-36(28-63)23-34(59-65)26-61-14-9-30(10-15-61)32-4-5-41(45(22-32)70-3)57-42-6-7-46(66)58-50(42)68/h4-5,8,13,20-25,29-31,42,55,57H,6-7,9-12,14-19,26-28H2,1-3H3,(H,58,66,68)/t42-/m1/s1. The van der Waals surface area contributed by atoms with Crippen molar-refractivity contribution in [1.29, 1.82) is 0 Å². The third-order valence-corrected chi connectivity index (χ3v) is 14.6. The molecular weight excluding hydrogens is 904 g/mol. The number of ether oxygens (including phenoxy) is 1. The third-order valence-electron chi connectivity index (χ3n) is 14.6. The van der Waals surface area contributed by atoms with Crippen LogP contribution in [-0.2, 0) is 42.8 Å². The summed E-state index contributed by atoms with van der Waals surface area (Å²) in [7, 11) is 5.05. The molecule has 16 nitrogen and oxygen atoms in total. The lowest BCUT2D eigenvalue weighted by Gasteiger charge is -2.32. The maximum Gasteiger partial charge on any atom is 0.257 e. The summed E-state index contributed by atoms with van der Waals surface area (Å²) in [5.74, 6) is -2.37. The maximum atomic E-state index is 15.9. The quantitative estimate of drug-likeness (QED) is 0.123. The number of rotatable bonds is 12. The van der Waals surface area contributed by atoms with E-state index in [2.05, 4.69) is 36.8 Å². The number of methoxy groups -OCH3 is 1. The molecule has 2 aromatic carbocycles. The Kier molecular flexibility index (Phi) is 13.0. The summed E-state index contributed by atoms with van der Waals surface area (Å²) in [5.41, 5.74) is 5.47. The lowest BCUT2D eigenvalue weighted by Crippen LogP contribution is -2.47. The molecule has 0 unspecified atom stereocenters. The predicted octanol–water partition coefficient (Wildman–Crippen LogP) is 6.02. The molecule has 0 aliphatic carbocycles. The molecule has 8 heterocycles. The van der Waals surface area contributed by atoms with E-state index >= 15 is 8.78 Å². The minimum Gasteiger partial charge on any atom is -0.495 e. The molecule has 3 amide bonds. The Hall–Kier alpha value is -6.99. The molecule has 0 saturated carbocycles. The number of piperidine rings is 3. The van der Waals surface area contributed by atoms with E-state index in [1.807, 2.05) is 40.6 Å². The first-order valence-corrected chi connectivity index (χ1v) is 23.9. The Labute approximate surface area is 402 Å². The number of anilines is 2. The largest absolute Gasteiger partial charge is 0.495 e. The molecule has 3 N–H and O–H groups in total. The molecule has 6 aromatic rings. The zero-order chi connectivity index (χ0) is 48.8. The van der Waals surface area contributed by atoms with Crippen molar-refractivity contribution < 1.29 is 32.3 Å². The van der Waals surface area contributed by atoms with E-state index in [4.69, 9.17) is 9.84 Å². The van der Waals surface area contributed by atoms with E-state index < -0.39 is 29.4 Å². The summed E-state index contributed by atoms with van der Waals surface area (Å²) in [6.45, 7) is 5.24. The van der Waals surface area contributed by atoms with Crippen molar-refractivity contribution in [3.8, 4) is 11.4 Å². The van der Waals surface area contributed by atoms with Crippen LogP contribution in [0.5, 0.6) is 5.75 Å². The molecule has 0 radical (unpaired) electrons. The highest BCUT2D eigenvalue weighted by Crippen LogP contribution is 2.37. The van der Waals surface area contributed by atoms with Crippen molar-refractivity contribution in [2.75, 3.05) is 57.5 Å². The Morgan fingerprint density at radius 1 is 0.829 bits per heavy atom. The Balaban J connectivity index is 0.722. The van der Waals surface area contributed by atoms with Crippen molar-refractivity contribution in [3.05, 3.63) is 129 Å². The number of aromatic nitrogens is 5. The second-order valence-electron chi connectivity index (χ2n) is 18.9. The number of benzene rings is 2. The van der Waals surface area contributed by atoms with Crippen LogP contribution in [-0.4, -0.2) is 109 Å². The highest BCUT2D eigenvalue weighted by Gasteiger charge is 2.32. The number of pyridine rings is 2. The lowest BCUT2D eigenvalue weighted by atomic mass is 9.88. The molecule has 4 aromatic heterocycles. The van der Waals surface area contributed by atoms with Gasteiger partial charge in [-0.3, -0.25) is 43.5 Å². The van der Waals surface area contributed by atoms with Crippen LogP contribution in [0.3, 0.4) is 0 Å². The van der Waals surface area contributed by atoms with Crippen LogP contribution in [0.15, 0.2) is 71.8 Å². The molecule has 3 saturated heterocycles. The summed E-state index contributed by atoms with van der Waals surface area (Å²) in [5, 5.41) is 13.9. The highest BCUT2D eigenvalue weighted by atomic mass is 19.1. The monoisotopic (exact) mass is 959 g/mol. The number of hydrogen-bond donors (Lipinski definition) is 3. The Morgan fingerprint density at radius 3 is 2.27 bits per heavy atom. The summed E-state index contributed by atoms with van der Waals surface area (Å²) in [4.78, 5) is 61.4. The number of carbonyl (C=O) groups is 3. The number of nitrogens with zero attached hydrogens (tertiary/aromatic N) is 8. The molecule has 1 atom stereocenters. The van der Waals surface area contributed by atoms with Crippen LogP contribution < -0.4 is 26.2 Å². The van der Waals surface area contributed by atoms with Gasteiger partial charge in [0.1, 0.15) is 29.1 Å². The SMILES string of the molecule is CNc1cc(=O)n(-c2ccnc3c2cc(CN2CCC(c4c(F)cc(C(=O)N5CCn6nc(CN7CCC(c8ccc(N[C@@H]9CCC(=O)NC9=O)c(OC)c8)CC7)cc6C5)cc4F)CC2)n3C)cc1F. The molecular formula is C51H56F3N11O5. The number of likely N-dealkylation sites (tertiary alicyclic amines) is 2. The highest BCUT2D eigenvalue weighted by molar-refractivity contribution is 6.01. The molecule has 366 valence electrons. The summed E-state index contributed by atoms with van der Waals surface area (Å²) in [6.07, 6.45) is 6.41. The van der Waals surface area contributed by atoms with Gasteiger partial charge in [0.15, 0.2) is 5.82 Å². The molecule has 0 spiro atoms. The molecule has 3 fully saturated rings. The molecule has 0 bridgehead atoms. The minimum atomic E-state index is -0.713. The second-order valence-corrected chi connectivity index (χ2v) is 18.9. The fourth-order valence-electron chi connectivity index (χ4n) is 10.7. The van der Waals surface area contributed by atoms with Crippen LogP contribution >= 0.6 is 0 Å². The first-order chi connectivity index (χ1) is 33.8. The topological polar surface area (TPSA) is 164 Å². The number of imide groups is 1. The number of hydrogen-bond acceptors (Lipinski definition) is 11. The first kappa shape index (κ1) is 46.7. The summed E-state index contributed by atoms with van der Waals surface area (Å²) < 4.78 is 57.4. The van der Waals surface area contributed by atoms with Gasteiger partial charge in [0.25, 0.3) is 11.5 Å². The number of amides is 3. The fourth-order valence-corrected chi connectivity index (χ4v) is 10.7. The fraction of sp³-hybridized carbons (Fsp3) is 0.412. The maximum absolute atomic E-state index is 15.9. The normalized spacial score (nSPS) is 18.5. The molecule has 4 aliphatic heterocycles. The average molecular weight is 960 g/mol. The number of carbonyl (C=O) groups excluding carboxylic acids is 3. The van der Waals surface area contributed by atoms with E-state index in [-0.39, 0.29) is 53.1 Å². The molecule has 19 heteroatoms. The zero-order valence-electron chi connectivity index (χ0n) is 39.4. The molecule has 70 heavy (non-hydrogen) atoms. The van der Waals surface area contributed by atoms with Crippen molar-refractivity contribution in [2.24, 2.45) is 7.05 Å². The van der Waals surface area contributed by atoms with Gasteiger partial charge in [-0.25, -0.2) is 18.2 Å². The van der Waals surface area contributed by atoms with Gasteiger partial charge in [-0.1, -0.05) is 6.07 Å². The number of aryl methyl sites for hydroxylation is 1. The Bertz CT molecular complexity index is 3040. The smallest absolute Gasteiger partial charge is 0.257 e. The van der Waals surface area contributed by atoms with Crippen molar-refractivity contribution >= 4 is 40.1 Å². The predicted molar refractivity (Wildman–Crippen MR) is 256 cm³/mol. The van der Waals surface area contributed by atoms with E-state index in [0.717, 1.165) is 43.0 Å². The van der Waals surface area contributed by atoms with Crippen LogP contribution in [0.25, 0.3) is 16.7 Å². The number of fused-ring (bicyclic) bond motifs is 2. The van der Waals surface area contributed by atoms with Crippen molar-refractivity contribution in [2.45, 2.75) is 82.6 Å². The van der Waals surface area contributed by atoms with Crippen molar-refractivity contribution in [3.63, 3.8) is 0 Å². The summed E-state index contributed by atoms with van der Waals surface area (Å²) >= 11 is 0. The van der Waals surface area contributed by atoms with Gasteiger partial charge in [0.2, 0.25) is 11.8 Å². The van der Waals surface area contributed by atoms with E-state index in [9.17, 15) is 23.6 Å².